The van der Waals surface area contributed by atoms with Crippen LogP contribution in [0.3, 0.4) is 0 Å². The highest BCUT2D eigenvalue weighted by molar-refractivity contribution is 7.90. The second-order valence-electron chi connectivity index (χ2n) is 5.36. The van der Waals surface area contributed by atoms with E-state index < -0.39 is 31.8 Å². The fourth-order valence-electron chi connectivity index (χ4n) is 1.79. The number of amides is 1. The predicted octanol–water partition coefficient (Wildman–Crippen LogP) is -0.684. The van der Waals surface area contributed by atoms with Crippen LogP contribution in [-0.4, -0.2) is 73.4 Å². The molecule has 0 aliphatic heterocycles. The number of rotatable bonds is 10. The monoisotopic (exact) mass is 439 g/mol. The van der Waals surface area contributed by atoms with Gasteiger partial charge in [0.2, 0.25) is 5.96 Å². The first-order valence-electron chi connectivity index (χ1n) is 7.48. The number of methoxy groups -OCH3 is 1. The summed E-state index contributed by atoms with van der Waals surface area (Å²) in [6, 6.07) is 3.29. The maximum absolute atomic E-state index is 12.4. The molecule has 0 saturated heterocycles. The van der Waals surface area contributed by atoms with E-state index >= 15 is 0 Å². The summed E-state index contributed by atoms with van der Waals surface area (Å²) in [4.78, 5) is 12.1. The Bertz CT molecular complexity index is 929. The van der Waals surface area contributed by atoms with Gasteiger partial charge in [-0.3, -0.25) is 10.2 Å². The third kappa shape index (κ3) is 7.40. The van der Waals surface area contributed by atoms with Gasteiger partial charge >= 0.3 is 0 Å². The van der Waals surface area contributed by atoms with E-state index in [2.05, 4.69) is 4.28 Å². The van der Waals surface area contributed by atoms with Crippen LogP contribution in [0.2, 0.25) is 0 Å². The number of hydroxylamine groups is 2. The summed E-state index contributed by atoms with van der Waals surface area (Å²) < 4.78 is 66.1. The van der Waals surface area contributed by atoms with Gasteiger partial charge in [0, 0.05) is 18.9 Å². The van der Waals surface area contributed by atoms with Gasteiger partial charge in [0.1, 0.15) is 10.6 Å². The zero-order chi connectivity index (χ0) is 21.5. The van der Waals surface area contributed by atoms with Crippen molar-refractivity contribution in [1.82, 2.24) is 5.06 Å². The molecule has 0 aliphatic carbocycles. The molecule has 0 aromatic heterocycles. The van der Waals surface area contributed by atoms with Gasteiger partial charge < -0.3 is 19.9 Å². The Balaban J connectivity index is 3.17. The van der Waals surface area contributed by atoms with Crippen molar-refractivity contribution in [2.75, 3.05) is 39.6 Å². The van der Waals surface area contributed by atoms with E-state index in [0.29, 0.717) is 12.9 Å². The van der Waals surface area contributed by atoms with Gasteiger partial charge in [-0.15, -0.1) is 9.35 Å². The van der Waals surface area contributed by atoms with Gasteiger partial charge in [-0.05, 0) is 18.2 Å². The molecule has 0 heterocycles. The highest BCUT2D eigenvalue weighted by atomic mass is 32.2. The molecule has 0 saturated carbocycles. The molecule has 28 heavy (non-hydrogen) atoms. The number of hydrogen-bond acceptors (Lipinski definition) is 10. The predicted molar refractivity (Wildman–Crippen MR) is 96.9 cm³/mol. The maximum Gasteiger partial charge on any atom is 0.286 e. The fraction of sp³-hybridized carbons (Fsp3) is 0.429. The molecular formula is C14H21N3O9S2. The van der Waals surface area contributed by atoms with Crippen LogP contribution in [0.25, 0.3) is 0 Å². The molecule has 0 aliphatic rings. The normalized spacial score (nSPS) is 11.8. The highest BCUT2D eigenvalue weighted by Crippen LogP contribution is 2.26. The molecule has 0 atom stereocenters. The van der Waals surface area contributed by atoms with E-state index in [9.17, 15) is 21.6 Å². The number of carbonyl (C=O) groups is 1. The SMILES string of the molecule is COCCOCOc1ccc(C(=O)N(OS(C)(=O)=O)C(=N)N)cc1S(C)(=O)=O. The molecule has 0 radical (unpaired) electrons. The Morgan fingerprint density at radius 1 is 1.18 bits per heavy atom. The first kappa shape index (κ1) is 23.8. The number of guanidine groups is 1. The van der Waals surface area contributed by atoms with Crippen molar-refractivity contribution >= 4 is 31.8 Å². The first-order chi connectivity index (χ1) is 12.9. The Morgan fingerprint density at radius 2 is 1.82 bits per heavy atom. The second kappa shape index (κ2) is 9.79. The van der Waals surface area contributed by atoms with Crippen LogP contribution in [0, 0.1) is 5.41 Å². The van der Waals surface area contributed by atoms with Crippen LogP contribution >= 0.6 is 0 Å². The smallest absolute Gasteiger partial charge is 0.286 e. The molecule has 0 fully saturated rings. The lowest BCUT2D eigenvalue weighted by molar-refractivity contribution is -0.00973. The lowest BCUT2D eigenvalue weighted by atomic mass is 10.2. The van der Waals surface area contributed by atoms with E-state index in [1.807, 2.05) is 0 Å². The van der Waals surface area contributed by atoms with Crippen molar-refractivity contribution in [1.29, 1.82) is 5.41 Å². The van der Waals surface area contributed by atoms with Gasteiger partial charge in [0.05, 0.1) is 19.5 Å². The number of nitrogens with two attached hydrogens (primary N) is 1. The van der Waals surface area contributed by atoms with E-state index in [1.165, 1.54) is 13.2 Å². The molecule has 1 aromatic carbocycles. The largest absolute Gasteiger partial charge is 0.466 e. The molecule has 1 amide bonds. The van der Waals surface area contributed by atoms with Gasteiger partial charge in [-0.25, -0.2) is 8.42 Å². The van der Waals surface area contributed by atoms with Gasteiger partial charge in [0.25, 0.3) is 16.0 Å². The van der Waals surface area contributed by atoms with Gasteiger partial charge in [0.15, 0.2) is 16.6 Å². The summed E-state index contributed by atoms with van der Waals surface area (Å²) in [5.74, 6) is -2.26. The molecule has 1 aromatic rings. The molecule has 14 heteroatoms. The number of sulfone groups is 1. The summed E-state index contributed by atoms with van der Waals surface area (Å²) in [6.07, 6.45) is 1.55. The van der Waals surface area contributed by atoms with E-state index in [1.54, 1.807) is 0 Å². The van der Waals surface area contributed by atoms with E-state index in [-0.39, 0.29) is 34.7 Å². The van der Waals surface area contributed by atoms with Crippen molar-refractivity contribution in [2.45, 2.75) is 4.90 Å². The van der Waals surface area contributed by atoms with Crippen molar-refractivity contribution in [3.8, 4) is 5.75 Å². The molecule has 1 rings (SSSR count). The minimum atomic E-state index is -4.17. The first-order valence-corrected chi connectivity index (χ1v) is 11.2. The van der Waals surface area contributed by atoms with Crippen molar-refractivity contribution in [2.24, 2.45) is 5.73 Å². The minimum Gasteiger partial charge on any atom is -0.466 e. The van der Waals surface area contributed by atoms with Crippen LogP contribution in [-0.2, 0) is 33.7 Å². The maximum atomic E-state index is 12.4. The topological polar surface area (TPSA) is 175 Å². The minimum absolute atomic E-state index is 0.0190. The van der Waals surface area contributed by atoms with Crippen molar-refractivity contribution in [3.63, 3.8) is 0 Å². The van der Waals surface area contributed by atoms with E-state index in [0.717, 1.165) is 18.4 Å². The molecule has 3 N–H and O–H groups in total. The Kier molecular flexibility index (Phi) is 8.31. The highest BCUT2D eigenvalue weighted by Gasteiger charge is 2.26. The number of ether oxygens (including phenoxy) is 3. The quantitative estimate of drug-likeness (QED) is 0.156. The summed E-state index contributed by atoms with van der Waals surface area (Å²) in [5, 5.41) is 7.32. The third-order valence-electron chi connectivity index (χ3n) is 2.93. The van der Waals surface area contributed by atoms with Crippen molar-refractivity contribution < 1.29 is 40.1 Å². The zero-order valence-electron chi connectivity index (χ0n) is 15.4. The number of hydrogen-bond donors (Lipinski definition) is 2. The van der Waals surface area contributed by atoms with Crippen LogP contribution < -0.4 is 10.5 Å². The molecule has 12 nitrogen and oxygen atoms in total. The number of carbonyl (C=O) groups excluding carboxylic acids is 1. The third-order valence-corrected chi connectivity index (χ3v) is 4.47. The average Bonchev–Trinajstić information content (AvgIpc) is 2.57. The molecular weight excluding hydrogens is 418 g/mol. The van der Waals surface area contributed by atoms with Gasteiger partial charge in [-0.2, -0.15) is 8.42 Å². The summed E-state index contributed by atoms with van der Waals surface area (Å²) in [6.45, 7) is 0.268. The van der Waals surface area contributed by atoms with Crippen LogP contribution in [0.4, 0.5) is 0 Å². The standard InChI is InChI=1S/C14H21N3O9S2/c1-23-6-7-24-9-25-11-5-4-10(8-12(11)27(2,19)20)13(18)17(14(15)16)26-28(3,21)22/h4-5,8H,6-7,9H2,1-3H3,(H3,15,16). The van der Waals surface area contributed by atoms with Crippen LogP contribution in [0.5, 0.6) is 5.75 Å². The molecule has 0 unspecified atom stereocenters. The number of nitrogens with zero attached hydrogens (tertiary/aromatic N) is 1. The number of nitrogens with one attached hydrogen (secondary N) is 1. The van der Waals surface area contributed by atoms with Crippen LogP contribution in [0.15, 0.2) is 23.1 Å². The zero-order valence-corrected chi connectivity index (χ0v) is 17.0. The summed E-state index contributed by atoms with van der Waals surface area (Å²) in [5.41, 5.74) is 4.87. The Hall–Kier alpha value is -2.26. The Labute approximate surface area is 162 Å². The van der Waals surface area contributed by atoms with Crippen LogP contribution in [0.1, 0.15) is 10.4 Å². The summed E-state index contributed by atoms with van der Waals surface area (Å²) >= 11 is 0. The molecule has 0 spiro atoms. The Morgan fingerprint density at radius 3 is 2.32 bits per heavy atom. The lowest BCUT2D eigenvalue weighted by Gasteiger charge is -2.18. The summed E-state index contributed by atoms with van der Waals surface area (Å²) in [7, 11) is -6.53. The van der Waals surface area contributed by atoms with Crippen molar-refractivity contribution in [3.05, 3.63) is 23.8 Å². The molecule has 0 bridgehead atoms. The average molecular weight is 439 g/mol. The molecule has 158 valence electrons. The van der Waals surface area contributed by atoms with E-state index in [4.69, 9.17) is 25.4 Å². The van der Waals surface area contributed by atoms with Gasteiger partial charge in [-0.1, -0.05) is 0 Å². The lowest BCUT2D eigenvalue weighted by Crippen LogP contribution is -2.42. The fourth-order valence-corrected chi connectivity index (χ4v) is 3.04. The second-order valence-corrected chi connectivity index (χ2v) is 8.90. The number of benzene rings is 1.